The maximum atomic E-state index is 11.8. The highest BCUT2D eigenvalue weighted by atomic mass is 16.1. The molecule has 0 aromatic heterocycles. The van der Waals surface area contributed by atoms with Crippen LogP contribution in [0.15, 0.2) is 84.9 Å². The summed E-state index contributed by atoms with van der Waals surface area (Å²) in [6.07, 6.45) is 1.42. The van der Waals surface area contributed by atoms with Crippen LogP contribution >= 0.6 is 0 Å². The van der Waals surface area contributed by atoms with E-state index in [2.05, 4.69) is 106 Å². The minimum Gasteiger partial charge on any atom is -0.300 e. The Morgan fingerprint density at radius 3 is 2.03 bits per heavy atom. The molecule has 31 heavy (non-hydrogen) atoms. The summed E-state index contributed by atoms with van der Waals surface area (Å²) in [4.78, 5) is 11.8. The van der Waals surface area contributed by atoms with Gasteiger partial charge in [0.05, 0.1) is 0 Å². The average Bonchev–Trinajstić information content (AvgIpc) is 2.78. The molecule has 4 rings (SSSR count). The molecule has 0 radical (unpaired) electrons. The van der Waals surface area contributed by atoms with Crippen LogP contribution in [0.25, 0.3) is 33.0 Å². The van der Waals surface area contributed by atoms with Gasteiger partial charge in [0.25, 0.3) is 0 Å². The predicted molar refractivity (Wildman–Crippen MR) is 132 cm³/mol. The van der Waals surface area contributed by atoms with E-state index in [0.29, 0.717) is 6.42 Å². The molecule has 1 heteroatoms. The van der Waals surface area contributed by atoms with Gasteiger partial charge in [-0.3, -0.25) is 0 Å². The Hall–Kier alpha value is -3.19. The van der Waals surface area contributed by atoms with Crippen LogP contribution in [0.1, 0.15) is 44.7 Å². The fourth-order valence-electron chi connectivity index (χ4n) is 4.42. The topological polar surface area (TPSA) is 17.1 Å². The van der Waals surface area contributed by atoms with Gasteiger partial charge in [0.15, 0.2) is 0 Å². The van der Waals surface area contributed by atoms with Gasteiger partial charge < -0.3 is 4.79 Å². The molecule has 0 saturated carbocycles. The third-order valence-electron chi connectivity index (χ3n) is 6.30. The van der Waals surface area contributed by atoms with Crippen LogP contribution in [0.4, 0.5) is 0 Å². The lowest BCUT2D eigenvalue weighted by Gasteiger charge is -2.30. The first kappa shape index (κ1) is 21.1. The van der Waals surface area contributed by atoms with Crippen molar-refractivity contribution in [2.45, 2.75) is 46.0 Å². The second-order valence-corrected chi connectivity index (χ2v) is 9.21. The number of Topliss-reactive ketones (excluding diaryl/α,β-unsaturated/α-hetero) is 1. The average molecular weight is 407 g/mol. The summed E-state index contributed by atoms with van der Waals surface area (Å²) >= 11 is 0. The Morgan fingerprint density at radius 2 is 1.39 bits per heavy atom. The van der Waals surface area contributed by atoms with Gasteiger partial charge in [-0.15, -0.1) is 0 Å². The largest absolute Gasteiger partial charge is 0.300 e. The molecular weight excluding hydrogens is 376 g/mol. The van der Waals surface area contributed by atoms with Crippen LogP contribution in [0.2, 0.25) is 0 Å². The molecule has 0 amide bonds. The Kier molecular flexibility index (Phi) is 5.78. The van der Waals surface area contributed by atoms with E-state index in [4.69, 9.17) is 0 Å². The van der Waals surface area contributed by atoms with Gasteiger partial charge in [0.2, 0.25) is 0 Å². The van der Waals surface area contributed by atoms with Gasteiger partial charge >= 0.3 is 0 Å². The molecule has 1 nitrogen and oxygen atoms in total. The summed E-state index contributed by atoms with van der Waals surface area (Å²) in [5.41, 5.74) is 7.40. The third-order valence-corrected chi connectivity index (χ3v) is 6.30. The van der Waals surface area contributed by atoms with E-state index in [-0.39, 0.29) is 11.2 Å². The zero-order chi connectivity index (χ0) is 22.0. The van der Waals surface area contributed by atoms with Crippen molar-refractivity contribution in [3.63, 3.8) is 0 Å². The molecule has 156 valence electrons. The first-order chi connectivity index (χ1) is 14.9. The van der Waals surface area contributed by atoms with E-state index in [9.17, 15) is 4.79 Å². The Balaban J connectivity index is 2.06. The summed E-state index contributed by atoms with van der Waals surface area (Å²) in [7, 11) is 0. The Bertz CT molecular complexity index is 1210. The van der Waals surface area contributed by atoms with Crippen molar-refractivity contribution in [2.24, 2.45) is 0 Å². The van der Waals surface area contributed by atoms with Crippen molar-refractivity contribution in [3.8, 4) is 22.3 Å². The van der Waals surface area contributed by atoms with E-state index >= 15 is 0 Å². The van der Waals surface area contributed by atoms with Crippen LogP contribution < -0.4 is 0 Å². The lowest BCUT2D eigenvalue weighted by Crippen LogP contribution is -2.20. The molecule has 0 spiro atoms. The third kappa shape index (κ3) is 4.32. The summed E-state index contributed by atoms with van der Waals surface area (Å²) < 4.78 is 0. The Labute approximate surface area is 185 Å². The van der Waals surface area contributed by atoms with E-state index in [1.165, 1.54) is 44.2 Å². The molecule has 0 aliphatic rings. The lowest BCUT2D eigenvalue weighted by atomic mass is 9.74. The molecule has 0 atom stereocenters. The van der Waals surface area contributed by atoms with Crippen LogP contribution in [0.3, 0.4) is 0 Å². The van der Waals surface area contributed by atoms with Crippen molar-refractivity contribution in [3.05, 3.63) is 96.1 Å². The quantitative estimate of drug-likeness (QED) is 0.316. The highest BCUT2D eigenvalue weighted by molar-refractivity contribution is 6.06. The number of fused-ring (bicyclic) bond motifs is 1. The van der Waals surface area contributed by atoms with E-state index in [1.54, 1.807) is 6.92 Å². The number of hydrogen-bond donors (Lipinski definition) is 0. The molecule has 0 heterocycles. The lowest BCUT2D eigenvalue weighted by molar-refractivity contribution is -0.117. The van der Waals surface area contributed by atoms with E-state index in [0.717, 1.165) is 6.42 Å². The summed E-state index contributed by atoms with van der Waals surface area (Å²) in [6, 6.07) is 30.5. The van der Waals surface area contributed by atoms with Gasteiger partial charge in [-0.05, 0) is 70.3 Å². The van der Waals surface area contributed by atoms with Gasteiger partial charge in [0.1, 0.15) is 5.78 Å². The van der Waals surface area contributed by atoms with Gasteiger partial charge in [0, 0.05) is 6.42 Å². The fraction of sp³-hybridized carbons (Fsp3) is 0.233. The summed E-state index contributed by atoms with van der Waals surface area (Å²) in [5.74, 6) is 0.244. The van der Waals surface area contributed by atoms with Crippen molar-refractivity contribution < 1.29 is 4.79 Å². The molecule has 4 aromatic carbocycles. The van der Waals surface area contributed by atoms with Gasteiger partial charge in [-0.1, -0.05) is 98.3 Å². The molecule has 0 bridgehead atoms. The molecule has 0 saturated heterocycles. The summed E-state index contributed by atoms with van der Waals surface area (Å²) in [6.45, 7) is 8.35. The molecule has 0 aliphatic carbocycles. The zero-order valence-electron chi connectivity index (χ0n) is 18.9. The van der Waals surface area contributed by atoms with Crippen molar-refractivity contribution >= 4 is 16.6 Å². The molecule has 0 unspecified atom stereocenters. The highest BCUT2D eigenvalue weighted by Crippen LogP contribution is 2.44. The smallest absolute Gasteiger partial charge is 0.129 e. The van der Waals surface area contributed by atoms with Crippen LogP contribution in [0.5, 0.6) is 0 Å². The first-order valence-corrected chi connectivity index (χ1v) is 11.0. The standard InChI is InChI=1S/C30H30O/c1-21-14-16-24(17-15-21)29-26-13-9-8-12-25(26)27(23-10-6-5-7-11-23)20-28(29)30(3,4)19-18-22(2)31/h5-17,20H,18-19H2,1-4H3. The monoisotopic (exact) mass is 406 g/mol. The van der Waals surface area contributed by atoms with E-state index < -0.39 is 0 Å². The van der Waals surface area contributed by atoms with Crippen molar-refractivity contribution in [1.82, 2.24) is 0 Å². The van der Waals surface area contributed by atoms with Crippen LogP contribution in [0, 0.1) is 6.92 Å². The number of ketones is 1. The van der Waals surface area contributed by atoms with Crippen LogP contribution in [-0.4, -0.2) is 5.78 Å². The summed E-state index contributed by atoms with van der Waals surface area (Å²) in [5, 5.41) is 2.52. The molecular formula is C30H30O. The number of rotatable bonds is 6. The number of hydrogen-bond acceptors (Lipinski definition) is 1. The van der Waals surface area contributed by atoms with Gasteiger partial charge in [-0.2, -0.15) is 0 Å². The number of benzene rings is 4. The second-order valence-electron chi connectivity index (χ2n) is 9.21. The van der Waals surface area contributed by atoms with Crippen molar-refractivity contribution in [2.75, 3.05) is 0 Å². The minimum atomic E-state index is -0.139. The number of carbonyl (C=O) groups is 1. The minimum absolute atomic E-state index is 0.139. The normalized spacial score (nSPS) is 11.6. The predicted octanol–water partition coefficient (Wildman–Crippen LogP) is 8.13. The maximum Gasteiger partial charge on any atom is 0.129 e. The van der Waals surface area contributed by atoms with Crippen LogP contribution in [-0.2, 0) is 10.2 Å². The maximum absolute atomic E-state index is 11.8. The number of carbonyl (C=O) groups excluding carboxylic acids is 1. The molecule has 0 aliphatic heterocycles. The van der Waals surface area contributed by atoms with E-state index in [1.807, 2.05) is 0 Å². The van der Waals surface area contributed by atoms with Crippen molar-refractivity contribution in [1.29, 1.82) is 0 Å². The highest BCUT2D eigenvalue weighted by Gasteiger charge is 2.27. The molecule has 0 fully saturated rings. The molecule has 4 aromatic rings. The van der Waals surface area contributed by atoms with Gasteiger partial charge in [-0.25, -0.2) is 0 Å². The molecule has 0 N–H and O–H groups in total. The SMILES string of the molecule is CC(=O)CCC(C)(C)c1cc(-c2ccccc2)c2ccccc2c1-c1ccc(C)cc1. The first-order valence-electron chi connectivity index (χ1n) is 11.0. The second kappa shape index (κ2) is 8.51. The number of aryl methyl sites for hydroxylation is 1. The fourth-order valence-corrected chi connectivity index (χ4v) is 4.42. The zero-order valence-corrected chi connectivity index (χ0v) is 18.9. The Morgan fingerprint density at radius 1 is 0.774 bits per heavy atom.